The lowest BCUT2D eigenvalue weighted by molar-refractivity contribution is 0.0699. The molecule has 0 aliphatic rings. The molecule has 0 aliphatic carbocycles. The third kappa shape index (κ3) is 3.20. The van der Waals surface area contributed by atoms with Crippen LogP contribution in [0.4, 0.5) is 0 Å². The lowest BCUT2D eigenvalue weighted by Crippen LogP contribution is -2.02. The Morgan fingerprint density at radius 3 is 2.70 bits per heavy atom. The minimum absolute atomic E-state index is 0.283. The normalized spacial score (nSPS) is 10.8. The number of aryl methyl sites for hydroxylation is 1. The van der Waals surface area contributed by atoms with Crippen LogP contribution in [0.2, 0.25) is 0 Å². The van der Waals surface area contributed by atoms with E-state index >= 15 is 0 Å². The van der Waals surface area contributed by atoms with Crippen LogP contribution < -0.4 is 4.74 Å². The van der Waals surface area contributed by atoms with E-state index in [-0.39, 0.29) is 6.61 Å². The Balaban J connectivity index is 2.09. The molecule has 0 bridgehead atoms. The first-order valence-electron chi connectivity index (χ1n) is 6.52. The molecular weight excluding hydrogens is 272 g/mol. The molecule has 3 nitrogen and oxygen atoms in total. The first-order valence-corrected chi connectivity index (χ1v) is 7.40. The second-order valence-corrected chi connectivity index (χ2v) is 5.96. The fourth-order valence-corrected chi connectivity index (χ4v) is 2.93. The summed E-state index contributed by atoms with van der Waals surface area (Å²) in [6.45, 7) is 6.67. The molecule has 20 heavy (non-hydrogen) atoms. The number of thiophene rings is 1. The van der Waals surface area contributed by atoms with Crippen LogP contribution in [0.5, 0.6) is 5.75 Å². The molecule has 1 heterocycles. The Kier molecular flexibility index (Phi) is 4.45. The van der Waals surface area contributed by atoms with Gasteiger partial charge in [0.2, 0.25) is 0 Å². The smallest absolute Gasteiger partial charge is 0.346 e. The first-order chi connectivity index (χ1) is 9.49. The third-order valence-electron chi connectivity index (χ3n) is 3.20. The molecule has 0 unspecified atom stereocenters. The number of carboxylic acid groups (broad SMARTS) is 1. The van der Waals surface area contributed by atoms with Gasteiger partial charge in [-0.2, -0.15) is 0 Å². The molecule has 1 N–H and O–H groups in total. The SMILES string of the molecule is Cc1cc(OCc2ccsc2C(=O)O)ccc1C(C)C. The third-order valence-corrected chi connectivity index (χ3v) is 4.14. The molecule has 2 aromatic rings. The Morgan fingerprint density at radius 1 is 1.35 bits per heavy atom. The van der Waals surface area contributed by atoms with Crippen LogP contribution in [-0.4, -0.2) is 11.1 Å². The van der Waals surface area contributed by atoms with Crippen molar-refractivity contribution in [1.29, 1.82) is 0 Å². The summed E-state index contributed by atoms with van der Waals surface area (Å²) in [6, 6.07) is 7.81. The van der Waals surface area contributed by atoms with Crippen LogP contribution in [0.25, 0.3) is 0 Å². The van der Waals surface area contributed by atoms with Crippen molar-refractivity contribution in [2.24, 2.45) is 0 Å². The molecule has 4 heteroatoms. The van der Waals surface area contributed by atoms with Crippen LogP contribution in [0, 0.1) is 6.92 Å². The number of benzene rings is 1. The number of hydrogen-bond donors (Lipinski definition) is 1. The number of aromatic carboxylic acids is 1. The summed E-state index contributed by atoms with van der Waals surface area (Å²) in [4.78, 5) is 11.4. The Morgan fingerprint density at radius 2 is 2.10 bits per heavy atom. The van der Waals surface area contributed by atoms with Gasteiger partial charge in [-0.15, -0.1) is 11.3 Å². The summed E-state index contributed by atoms with van der Waals surface area (Å²) >= 11 is 1.22. The first kappa shape index (κ1) is 14.6. The highest BCUT2D eigenvalue weighted by atomic mass is 32.1. The van der Waals surface area contributed by atoms with E-state index in [0.29, 0.717) is 16.4 Å². The van der Waals surface area contributed by atoms with Gasteiger partial charge in [0.05, 0.1) is 0 Å². The second-order valence-electron chi connectivity index (χ2n) is 5.04. The lowest BCUT2D eigenvalue weighted by atomic mass is 9.98. The summed E-state index contributed by atoms with van der Waals surface area (Å²) in [6.07, 6.45) is 0. The molecule has 1 aromatic heterocycles. The van der Waals surface area contributed by atoms with Crippen molar-refractivity contribution in [3.05, 3.63) is 51.2 Å². The van der Waals surface area contributed by atoms with Crippen LogP contribution in [0.15, 0.2) is 29.6 Å². The van der Waals surface area contributed by atoms with E-state index in [9.17, 15) is 4.79 Å². The fraction of sp³-hybridized carbons (Fsp3) is 0.312. The standard InChI is InChI=1S/C16H18O3S/c1-10(2)14-5-4-13(8-11(14)3)19-9-12-6-7-20-15(12)16(17)18/h4-8,10H,9H2,1-3H3,(H,17,18). The van der Waals surface area contributed by atoms with Crippen molar-refractivity contribution in [2.45, 2.75) is 33.3 Å². The van der Waals surface area contributed by atoms with E-state index in [1.165, 1.54) is 22.5 Å². The fourth-order valence-electron chi connectivity index (χ4n) is 2.18. The number of carbonyl (C=O) groups is 1. The van der Waals surface area contributed by atoms with Crippen molar-refractivity contribution in [2.75, 3.05) is 0 Å². The van der Waals surface area contributed by atoms with Gasteiger partial charge in [0.25, 0.3) is 0 Å². The molecule has 106 valence electrons. The minimum atomic E-state index is -0.898. The largest absolute Gasteiger partial charge is 0.489 e. The average Bonchev–Trinajstić information content (AvgIpc) is 2.84. The summed E-state index contributed by atoms with van der Waals surface area (Å²) in [7, 11) is 0. The number of carboxylic acids is 1. The maximum absolute atomic E-state index is 11.0. The molecule has 0 atom stereocenters. The Hall–Kier alpha value is -1.81. The van der Waals surface area contributed by atoms with Crippen LogP contribution >= 0.6 is 11.3 Å². The van der Waals surface area contributed by atoms with E-state index in [1.807, 2.05) is 12.1 Å². The maximum atomic E-state index is 11.0. The highest BCUT2D eigenvalue weighted by Gasteiger charge is 2.12. The molecule has 1 aromatic carbocycles. The molecule has 0 fully saturated rings. The van der Waals surface area contributed by atoms with Crippen LogP contribution in [0.3, 0.4) is 0 Å². The summed E-state index contributed by atoms with van der Waals surface area (Å²) in [5.41, 5.74) is 3.22. The maximum Gasteiger partial charge on any atom is 0.346 e. The van der Waals surface area contributed by atoms with Gasteiger partial charge in [0, 0.05) is 5.56 Å². The summed E-state index contributed by atoms with van der Waals surface area (Å²) in [5.74, 6) is 0.360. The monoisotopic (exact) mass is 290 g/mol. The lowest BCUT2D eigenvalue weighted by Gasteiger charge is -2.12. The number of hydrogen-bond acceptors (Lipinski definition) is 3. The molecule has 0 radical (unpaired) electrons. The summed E-state index contributed by atoms with van der Waals surface area (Å²) < 4.78 is 5.70. The van der Waals surface area contributed by atoms with Gasteiger partial charge in [-0.05, 0) is 47.5 Å². The zero-order valence-corrected chi connectivity index (χ0v) is 12.7. The average molecular weight is 290 g/mol. The Labute approximate surface area is 122 Å². The number of rotatable bonds is 5. The predicted molar refractivity (Wildman–Crippen MR) is 80.9 cm³/mol. The molecule has 0 aliphatic heterocycles. The quantitative estimate of drug-likeness (QED) is 0.884. The van der Waals surface area contributed by atoms with Crippen LogP contribution in [0.1, 0.15) is 46.1 Å². The van der Waals surface area contributed by atoms with Gasteiger partial charge in [0.1, 0.15) is 17.2 Å². The van der Waals surface area contributed by atoms with Crippen molar-refractivity contribution < 1.29 is 14.6 Å². The minimum Gasteiger partial charge on any atom is -0.489 e. The van der Waals surface area contributed by atoms with Gasteiger partial charge in [0.15, 0.2) is 0 Å². The molecule has 0 saturated heterocycles. The van der Waals surface area contributed by atoms with E-state index in [0.717, 1.165) is 5.75 Å². The van der Waals surface area contributed by atoms with Crippen molar-refractivity contribution in [1.82, 2.24) is 0 Å². The summed E-state index contributed by atoms with van der Waals surface area (Å²) in [5, 5.41) is 10.8. The van der Waals surface area contributed by atoms with E-state index in [4.69, 9.17) is 9.84 Å². The number of ether oxygens (including phenoxy) is 1. The Bertz CT molecular complexity index is 614. The van der Waals surface area contributed by atoms with Gasteiger partial charge < -0.3 is 9.84 Å². The van der Waals surface area contributed by atoms with E-state index < -0.39 is 5.97 Å². The topological polar surface area (TPSA) is 46.5 Å². The van der Waals surface area contributed by atoms with E-state index in [1.54, 1.807) is 11.4 Å². The molecule has 0 spiro atoms. The molecule has 0 saturated carbocycles. The predicted octanol–water partition coefficient (Wildman–Crippen LogP) is 4.46. The van der Waals surface area contributed by atoms with Gasteiger partial charge >= 0.3 is 5.97 Å². The molecule has 0 amide bonds. The highest BCUT2D eigenvalue weighted by Crippen LogP contribution is 2.25. The molecular formula is C16H18O3S. The van der Waals surface area contributed by atoms with Crippen molar-refractivity contribution in [3.63, 3.8) is 0 Å². The zero-order chi connectivity index (χ0) is 14.7. The zero-order valence-electron chi connectivity index (χ0n) is 11.8. The van der Waals surface area contributed by atoms with Gasteiger partial charge in [-0.3, -0.25) is 0 Å². The molecule has 2 rings (SSSR count). The highest BCUT2D eigenvalue weighted by molar-refractivity contribution is 7.12. The van der Waals surface area contributed by atoms with Crippen molar-refractivity contribution in [3.8, 4) is 5.75 Å². The van der Waals surface area contributed by atoms with Gasteiger partial charge in [-0.25, -0.2) is 4.79 Å². The van der Waals surface area contributed by atoms with Crippen molar-refractivity contribution >= 4 is 17.3 Å². The second kappa shape index (κ2) is 6.09. The van der Waals surface area contributed by atoms with Gasteiger partial charge in [-0.1, -0.05) is 19.9 Å². The van der Waals surface area contributed by atoms with E-state index in [2.05, 4.69) is 26.8 Å². The van der Waals surface area contributed by atoms with Crippen LogP contribution in [-0.2, 0) is 6.61 Å².